The number of nitrogens with one attached hydrogen (secondary N) is 1. The Morgan fingerprint density at radius 3 is 1.32 bits per heavy atom. The molecule has 1 N–H and O–H groups in total. The van der Waals surface area contributed by atoms with Gasteiger partial charge in [-0.05, 0) is 13.0 Å². The van der Waals surface area contributed by atoms with Gasteiger partial charge in [-0.3, -0.25) is 0 Å². The maximum absolute atomic E-state index is 10.1. The van der Waals surface area contributed by atoms with Crippen LogP contribution in [0.15, 0.2) is 0 Å². The van der Waals surface area contributed by atoms with Crippen molar-refractivity contribution in [2.24, 2.45) is 0 Å². The molecular weight excluding hydrogens is 270 g/mol. The second kappa shape index (κ2) is 20.6. The van der Waals surface area contributed by atoms with E-state index in [1.165, 1.54) is 103 Å². The Bertz CT molecular complexity index is 206. The van der Waals surface area contributed by atoms with Crippen LogP contribution in [-0.2, 0) is 4.79 Å². The maximum Gasteiger partial charge on any atom is 0.133 e. The molecule has 0 aliphatic rings. The van der Waals surface area contributed by atoms with E-state index < -0.39 is 0 Å². The predicted octanol–water partition coefficient (Wildman–Crippen LogP) is 6.04. The lowest BCUT2D eigenvalue weighted by Gasteiger charge is -2.04. The highest BCUT2D eigenvalue weighted by Crippen LogP contribution is 2.13. The summed E-state index contributed by atoms with van der Waals surface area (Å²) in [5.74, 6) is 0. The molecule has 0 radical (unpaired) electrons. The Morgan fingerprint density at radius 1 is 0.591 bits per heavy atom. The molecule has 0 aliphatic carbocycles. The summed E-state index contributed by atoms with van der Waals surface area (Å²) in [6.45, 7) is 3.79. The third-order valence-electron chi connectivity index (χ3n) is 4.43. The van der Waals surface area contributed by atoms with Gasteiger partial charge in [-0.15, -0.1) is 0 Å². The van der Waals surface area contributed by atoms with Gasteiger partial charge >= 0.3 is 0 Å². The zero-order valence-corrected chi connectivity index (χ0v) is 15.2. The molecule has 0 amide bonds. The van der Waals surface area contributed by atoms with Crippen LogP contribution in [0.5, 0.6) is 0 Å². The summed E-state index contributed by atoms with van der Waals surface area (Å²) in [5, 5.41) is 3.12. The fourth-order valence-corrected chi connectivity index (χ4v) is 2.96. The minimum atomic E-state index is 0.513. The second-order valence-electron chi connectivity index (χ2n) is 6.67. The summed E-state index contributed by atoms with van der Waals surface area (Å²) in [6.07, 6.45) is 23.5. The van der Waals surface area contributed by atoms with Crippen LogP contribution in [0, 0.1) is 0 Å². The van der Waals surface area contributed by atoms with Crippen LogP contribution >= 0.6 is 0 Å². The first-order chi connectivity index (χ1) is 10.9. The quantitative estimate of drug-likeness (QED) is 0.233. The van der Waals surface area contributed by atoms with E-state index in [1.807, 2.05) is 0 Å². The van der Waals surface area contributed by atoms with E-state index in [0.717, 1.165) is 12.8 Å². The Labute approximate surface area is 139 Å². The van der Waals surface area contributed by atoms with Crippen LogP contribution in [-0.4, -0.2) is 19.4 Å². The van der Waals surface area contributed by atoms with E-state index in [2.05, 4.69) is 12.2 Å². The van der Waals surface area contributed by atoms with Crippen molar-refractivity contribution in [2.75, 3.05) is 13.1 Å². The van der Waals surface area contributed by atoms with Crippen LogP contribution in [0.25, 0.3) is 0 Å². The van der Waals surface area contributed by atoms with E-state index in [1.54, 1.807) is 0 Å². The van der Waals surface area contributed by atoms with Crippen molar-refractivity contribution in [3.63, 3.8) is 0 Å². The molecule has 0 aromatic heterocycles. The molecule has 0 saturated heterocycles. The smallest absolute Gasteiger partial charge is 0.133 e. The Balaban J connectivity index is 2.92. The monoisotopic (exact) mass is 311 g/mol. The van der Waals surface area contributed by atoms with Crippen LogP contribution in [0.3, 0.4) is 0 Å². The molecule has 0 aliphatic heterocycles. The molecule has 0 aromatic carbocycles. The zero-order chi connectivity index (χ0) is 16.1. The number of rotatable bonds is 19. The highest BCUT2D eigenvalue weighted by molar-refractivity contribution is 5.51. The first-order valence-corrected chi connectivity index (χ1v) is 10.1. The summed E-state index contributed by atoms with van der Waals surface area (Å²) >= 11 is 0. The van der Waals surface area contributed by atoms with Crippen LogP contribution in [0.4, 0.5) is 0 Å². The minimum absolute atomic E-state index is 0.513. The molecular formula is C20H41NO. The molecule has 0 atom stereocenters. The standard InChI is InChI=1S/C20H41NO/c1-2-3-4-5-6-7-8-9-10-11-12-13-14-15-16-17-18-21-19-20-22/h20-21H,2-19H2,1H3. The average Bonchev–Trinajstić information content (AvgIpc) is 2.54. The topological polar surface area (TPSA) is 29.1 Å². The van der Waals surface area contributed by atoms with Gasteiger partial charge in [0.05, 0.1) is 6.54 Å². The highest BCUT2D eigenvalue weighted by Gasteiger charge is 1.94. The van der Waals surface area contributed by atoms with E-state index in [-0.39, 0.29) is 0 Å². The van der Waals surface area contributed by atoms with E-state index in [4.69, 9.17) is 0 Å². The first-order valence-electron chi connectivity index (χ1n) is 10.1. The van der Waals surface area contributed by atoms with Crippen molar-refractivity contribution in [2.45, 2.75) is 110 Å². The lowest BCUT2D eigenvalue weighted by Crippen LogP contribution is -2.17. The second-order valence-corrected chi connectivity index (χ2v) is 6.67. The van der Waals surface area contributed by atoms with Gasteiger partial charge in [-0.25, -0.2) is 0 Å². The van der Waals surface area contributed by atoms with Gasteiger partial charge in [0.1, 0.15) is 6.29 Å². The van der Waals surface area contributed by atoms with Crippen LogP contribution in [0.2, 0.25) is 0 Å². The first kappa shape index (κ1) is 21.6. The van der Waals surface area contributed by atoms with Crippen molar-refractivity contribution in [3.8, 4) is 0 Å². The fraction of sp³-hybridized carbons (Fsp3) is 0.950. The number of hydrogen-bond acceptors (Lipinski definition) is 2. The molecule has 2 heteroatoms. The summed E-state index contributed by atoms with van der Waals surface area (Å²) in [6, 6.07) is 0. The maximum atomic E-state index is 10.1. The molecule has 22 heavy (non-hydrogen) atoms. The summed E-state index contributed by atoms with van der Waals surface area (Å²) in [5.41, 5.74) is 0. The number of carbonyl (C=O) groups excluding carboxylic acids is 1. The SMILES string of the molecule is CCCCCCCCCCCCCCCCCCNCC=O. The number of unbranched alkanes of at least 4 members (excludes halogenated alkanes) is 15. The average molecular weight is 312 g/mol. The lowest BCUT2D eigenvalue weighted by atomic mass is 10.0. The van der Waals surface area contributed by atoms with Gasteiger partial charge in [0.15, 0.2) is 0 Å². The van der Waals surface area contributed by atoms with E-state index in [9.17, 15) is 4.79 Å². The van der Waals surface area contributed by atoms with Crippen molar-refractivity contribution >= 4 is 6.29 Å². The van der Waals surface area contributed by atoms with Crippen molar-refractivity contribution in [1.29, 1.82) is 0 Å². The predicted molar refractivity (Wildman–Crippen MR) is 98.5 cm³/mol. The largest absolute Gasteiger partial charge is 0.310 e. The molecule has 0 aromatic rings. The summed E-state index contributed by atoms with van der Waals surface area (Å²) < 4.78 is 0. The lowest BCUT2D eigenvalue weighted by molar-refractivity contribution is -0.107. The van der Waals surface area contributed by atoms with Gasteiger partial charge < -0.3 is 10.1 Å². The van der Waals surface area contributed by atoms with E-state index in [0.29, 0.717) is 6.54 Å². The van der Waals surface area contributed by atoms with Gasteiger partial charge in [0.25, 0.3) is 0 Å². The third kappa shape index (κ3) is 19.6. The Morgan fingerprint density at radius 2 is 0.955 bits per heavy atom. The molecule has 0 spiro atoms. The van der Waals surface area contributed by atoms with Gasteiger partial charge in [-0.1, -0.05) is 103 Å². The van der Waals surface area contributed by atoms with Gasteiger partial charge in [-0.2, -0.15) is 0 Å². The summed E-state index contributed by atoms with van der Waals surface area (Å²) in [7, 11) is 0. The number of aldehydes is 1. The van der Waals surface area contributed by atoms with Crippen LogP contribution < -0.4 is 5.32 Å². The molecule has 132 valence electrons. The molecule has 0 heterocycles. The number of hydrogen-bond donors (Lipinski definition) is 1. The van der Waals surface area contributed by atoms with Gasteiger partial charge in [0.2, 0.25) is 0 Å². The normalized spacial score (nSPS) is 11.0. The van der Waals surface area contributed by atoms with Crippen molar-refractivity contribution in [1.82, 2.24) is 5.32 Å². The highest BCUT2D eigenvalue weighted by atomic mass is 16.1. The van der Waals surface area contributed by atoms with Gasteiger partial charge in [0, 0.05) is 0 Å². The molecule has 0 unspecified atom stereocenters. The fourth-order valence-electron chi connectivity index (χ4n) is 2.96. The van der Waals surface area contributed by atoms with E-state index >= 15 is 0 Å². The minimum Gasteiger partial charge on any atom is -0.310 e. The molecule has 0 bridgehead atoms. The van der Waals surface area contributed by atoms with Crippen LogP contribution in [0.1, 0.15) is 110 Å². The Hall–Kier alpha value is -0.370. The van der Waals surface area contributed by atoms with Crippen molar-refractivity contribution < 1.29 is 4.79 Å². The molecule has 0 fully saturated rings. The van der Waals surface area contributed by atoms with Crippen molar-refractivity contribution in [3.05, 3.63) is 0 Å². The number of carbonyl (C=O) groups is 1. The molecule has 0 saturated carbocycles. The third-order valence-corrected chi connectivity index (χ3v) is 4.43. The summed E-state index contributed by atoms with van der Waals surface area (Å²) in [4.78, 5) is 10.1. The molecule has 0 rings (SSSR count). The zero-order valence-electron chi connectivity index (χ0n) is 15.2. The Kier molecular flexibility index (Phi) is 20.3. The molecule has 2 nitrogen and oxygen atoms in total.